The molecular weight excluding hydrogens is 368 g/mol. The van der Waals surface area contributed by atoms with Crippen LogP contribution in [0.2, 0.25) is 0 Å². The number of primary amides is 1. The molecular formula is C22H24N4O3. The van der Waals surface area contributed by atoms with Crippen LogP contribution in [0.1, 0.15) is 39.1 Å². The van der Waals surface area contributed by atoms with Crippen molar-refractivity contribution >= 4 is 35.2 Å². The fourth-order valence-corrected chi connectivity index (χ4v) is 3.26. The fourth-order valence-electron chi connectivity index (χ4n) is 3.26. The van der Waals surface area contributed by atoms with Crippen LogP contribution in [-0.4, -0.2) is 37.9 Å². The molecule has 0 aromatic heterocycles. The molecule has 0 bridgehead atoms. The molecule has 1 aliphatic rings. The lowest BCUT2D eigenvalue weighted by atomic mass is 10.1. The van der Waals surface area contributed by atoms with Crippen LogP contribution >= 0.6 is 0 Å². The predicted octanol–water partition coefficient (Wildman–Crippen LogP) is 2.40. The summed E-state index contributed by atoms with van der Waals surface area (Å²) < 4.78 is 0. The van der Waals surface area contributed by atoms with Crippen molar-refractivity contribution in [1.29, 1.82) is 0 Å². The van der Waals surface area contributed by atoms with Crippen molar-refractivity contribution in [2.24, 2.45) is 5.73 Å². The van der Waals surface area contributed by atoms with Crippen molar-refractivity contribution in [1.82, 2.24) is 5.32 Å². The van der Waals surface area contributed by atoms with E-state index >= 15 is 0 Å². The normalized spacial score (nSPS) is 13.5. The summed E-state index contributed by atoms with van der Waals surface area (Å²) in [5.41, 5.74) is 8.51. The van der Waals surface area contributed by atoms with E-state index < -0.39 is 5.91 Å². The number of amides is 3. The van der Waals surface area contributed by atoms with Crippen LogP contribution in [0.15, 0.2) is 48.5 Å². The molecule has 7 nitrogen and oxygen atoms in total. The third kappa shape index (κ3) is 5.01. The predicted molar refractivity (Wildman–Crippen MR) is 114 cm³/mol. The second-order valence-corrected chi connectivity index (χ2v) is 6.81. The topological polar surface area (TPSA) is 105 Å². The largest absolute Gasteiger partial charge is 0.370 e. The van der Waals surface area contributed by atoms with Crippen LogP contribution in [0.25, 0.3) is 6.08 Å². The second-order valence-electron chi connectivity index (χ2n) is 6.81. The standard InChI is InChI=1S/C22H24N4O3/c1-24-22(29)16-7-4-15(5-8-16)6-11-20(27)25-18-14-17(21(23)28)9-10-19(18)26-12-2-3-13-26/h4-11,14H,2-3,12-13H2,1H3,(H2,23,28)(H,24,29)(H,25,27)/b11-6+. The van der Waals surface area contributed by atoms with Gasteiger partial charge in [0.2, 0.25) is 11.8 Å². The molecule has 2 aromatic carbocycles. The summed E-state index contributed by atoms with van der Waals surface area (Å²) in [5, 5.41) is 5.41. The van der Waals surface area contributed by atoms with Gasteiger partial charge in [-0.3, -0.25) is 14.4 Å². The van der Waals surface area contributed by atoms with Crippen molar-refractivity contribution in [3.05, 3.63) is 65.2 Å². The summed E-state index contributed by atoms with van der Waals surface area (Å²) in [6.07, 6.45) is 5.27. The molecule has 0 spiro atoms. The van der Waals surface area contributed by atoms with Crippen LogP contribution in [0, 0.1) is 0 Å². The lowest BCUT2D eigenvalue weighted by Crippen LogP contribution is -2.21. The first-order valence-electron chi connectivity index (χ1n) is 9.48. The highest BCUT2D eigenvalue weighted by molar-refractivity contribution is 6.05. The first kappa shape index (κ1) is 20.1. The number of rotatable bonds is 6. The molecule has 3 amide bonds. The first-order valence-corrected chi connectivity index (χ1v) is 9.48. The molecule has 1 saturated heterocycles. The van der Waals surface area contributed by atoms with Crippen molar-refractivity contribution in [3.8, 4) is 0 Å². The van der Waals surface area contributed by atoms with Gasteiger partial charge in [0.25, 0.3) is 5.91 Å². The average Bonchev–Trinajstić information content (AvgIpc) is 3.26. The molecule has 0 radical (unpaired) electrons. The Bertz CT molecular complexity index is 945. The van der Waals surface area contributed by atoms with Gasteiger partial charge in [0.15, 0.2) is 0 Å². The van der Waals surface area contributed by atoms with E-state index in [4.69, 9.17) is 5.73 Å². The number of nitrogens with zero attached hydrogens (tertiary/aromatic N) is 1. The van der Waals surface area contributed by atoms with E-state index in [-0.39, 0.29) is 11.8 Å². The molecule has 3 rings (SSSR count). The Morgan fingerprint density at radius 3 is 2.28 bits per heavy atom. The Hall–Kier alpha value is -3.61. The van der Waals surface area contributed by atoms with Crippen molar-refractivity contribution in [2.75, 3.05) is 30.4 Å². The van der Waals surface area contributed by atoms with Gasteiger partial charge in [-0.25, -0.2) is 0 Å². The van der Waals surface area contributed by atoms with E-state index in [1.165, 1.54) is 6.08 Å². The maximum absolute atomic E-state index is 12.5. The molecule has 1 fully saturated rings. The smallest absolute Gasteiger partial charge is 0.251 e. The zero-order valence-corrected chi connectivity index (χ0v) is 16.3. The van der Waals surface area contributed by atoms with Crippen molar-refractivity contribution < 1.29 is 14.4 Å². The van der Waals surface area contributed by atoms with Crippen LogP contribution < -0.4 is 21.3 Å². The van der Waals surface area contributed by atoms with Gasteiger partial charge in [-0.2, -0.15) is 0 Å². The molecule has 150 valence electrons. The second kappa shape index (κ2) is 9.05. The SMILES string of the molecule is CNC(=O)c1ccc(/C=C/C(=O)Nc2cc(C(N)=O)ccc2N2CCCC2)cc1. The van der Waals surface area contributed by atoms with Gasteiger partial charge in [0, 0.05) is 37.3 Å². The lowest BCUT2D eigenvalue weighted by Gasteiger charge is -2.21. The minimum Gasteiger partial charge on any atom is -0.370 e. The van der Waals surface area contributed by atoms with Gasteiger partial charge in [-0.1, -0.05) is 12.1 Å². The van der Waals surface area contributed by atoms with E-state index in [1.807, 2.05) is 6.07 Å². The molecule has 0 atom stereocenters. The Kier molecular flexibility index (Phi) is 6.29. The Labute approximate surface area is 169 Å². The van der Waals surface area contributed by atoms with Gasteiger partial charge in [0.05, 0.1) is 11.4 Å². The van der Waals surface area contributed by atoms with Crippen LogP contribution in [-0.2, 0) is 4.79 Å². The minimum absolute atomic E-state index is 0.165. The number of nitrogens with one attached hydrogen (secondary N) is 2. The fraction of sp³-hybridized carbons (Fsp3) is 0.227. The third-order valence-electron chi connectivity index (χ3n) is 4.81. The number of carbonyl (C=O) groups excluding carboxylic acids is 3. The highest BCUT2D eigenvalue weighted by atomic mass is 16.2. The van der Waals surface area contributed by atoms with Crippen LogP contribution in [0.5, 0.6) is 0 Å². The maximum Gasteiger partial charge on any atom is 0.251 e. The van der Waals surface area contributed by atoms with Gasteiger partial charge in [-0.05, 0) is 54.8 Å². The molecule has 2 aromatic rings. The molecule has 1 aliphatic heterocycles. The van der Waals surface area contributed by atoms with E-state index in [0.29, 0.717) is 16.8 Å². The molecule has 0 saturated carbocycles. The monoisotopic (exact) mass is 392 g/mol. The number of anilines is 2. The molecule has 0 unspecified atom stereocenters. The van der Waals surface area contributed by atoms with E-state index in [1.54, 1.807) is 49.5 Å². The lowest BCUT2D eigenvalue weighted by molar-refractivity contribution is -0.111. The summed E-state index contributed by atoms with van der Waals surface area (Å²) >= 11 is 0. The van der Waals surface area contributed by atoms with Gasteiger partial charge < -0.3 is 21.3 Å². The van der Waals surface area contributed by atoms with E-state index in [9.17, 15) is 14.4 Å². The molecule has 7 heteroatoms. The maximum atomic E-state index is 12.5. The van der Waals surface area contributed by atoms with E-state index in [2.05, 4.69) is 15.5 Å². The zero-order valence-electron chi connectivity index (χ0n) is 16.3. The number of benzene rings is 2. The summed E-state index contributed by atoms with van der Waals surface area (Å²) in [6.45, 7) is 1.82. The Morgan fingerprint density at radius 2 is 1.66 bits per heavy atom. The Balaban J connectivity index is 1.75. The Morgan fingerprint density at radius 1 is 1.00 bits per heavy atom. The minimum atomic E-state index is -0.541. The molecule has 4 N–H and O–H groups in total. The highest BCUT2D eigenvalue weighted by Crippen LogP contribution is 2.30. The van der Waals surface area contributed by atoms with Crippen LogP contribution in [0.4, 0.5) is 11.4 Å². The third-order valence-corrected chi connectivity index (χ3v) is 4.81. The molecule has 29 heavy (non-hydrogen) atoms. The molecule has 1 heterocycles. The summed E-state index contributed by atoms with van der Waals surface area (Å²) in [6, 6.07) is 12.0. The summed E-state index contributed by atoms with van der Waals surface area (Å²) in [7, 11) is 1.57. The van der Waals surface area contributed by atoms with Gasteiger partial charge in [-0.15, -0.1) is 0 Å². The van der Waals surface area contributed by atoms with Crippen LogP contribution in [0.3, 0.4) is 0 Å². The highest BCUT2D eigenvalue weighted by Gasteiger charge is 2.18. The van der Waals surface area contributed by atoms with E-state index in [0.717, 1.165) is 37.2 Å². The quantitative estimate of drug-likeness (QED) is 0.657. The van der Waals surface area contributed by atoms with Crippen molar-refractivity contribution in [3.63, 3.8) is 0 Å². The first-order chi connectivity index (χ1) is 14.0. The summed E-state index contributed by atoms with van der Waals surface area (Å²) in [5.74, 6) is -1.02. The number of hydrogen-bond acceptors (Lipinski definition) is 4. The number of hydrogen-bond donors (Lipinski definition) is 3. The summed E-state index contributed by atoms with van der Waals surface area (Å²) in [4.78, 5) is 37.8. The number of carbonyl (C=O) groups is 3. The number of nitrogens with two attached hydrogens (primary N) is 1. The zero-order chi connectivity index (χ0) is 20.8. The van der Waals surface area contributed by atoms with Gasteiger partial charge in [0.1, 0.15) is 0 Å². The van der Waals surface area contributed by atoms with Crippen molar-refractivity contribution in [2.45, 2.75) is 12.8 Å². The van der Waals surface area contributed by atoms with Gasteiger partial charge >= 0.3 is 0 Å². The average molecular weight is 392 g/mol. The molecule has 0 aliphatic carbocycles.